The zero-order chi connectivity index (χ0) is 24.9. The highest BCUT2D eigenvalue weighted by molar-refractivity contribution is 6.31. The van der Waals surface area contributed by atoms with Crippen molar-refractivity contribution < 1.29 is 19.4 Å². The number of likely N-dealkylation sites (tertiary alicyclic amines) is 1. The fraction of sp³-hybridized carbons (Fsp3) is 0.320. The van der Waals surface area contributed by atoms with Gasteiger partial charge in [-0.2, -0.15) is 0 Å². The van der Waals surface area contributed by atoms with Crippen LogP contribution in [0.1, 0.15) is 30.3 Å². The highest BCUT2D eigenvalue weighted by Crippen LogP contribution is 2.29. The monoisotopic (exact) mass is 497 g/mol. The van der Waals surface area contributed by atoms with E-state index in [1.165, 1.54) is 12.1 Å². The van der Waals surface area contributed by atoms with E-state index < -0.39 is 6.04 Å². The van der Waals surface area contributed by atoms with E-state index in [4.69, 9.17) is 16.3 Å². The number of amides is 3. The number of aromatic nitrogens is 2. The van der Waals surface area contributed by atoms with Gasteiger partial charge >= 0.3 is 6.03 Å². The zero-order valence-electron chi connectivity index (χ0n) is 19.6. The van der Waals surface area contributed by atoms with E-state index in [-0.39, 0.29) is 29.3 Å². The first-order valence-corrected chi connectivity index (χ1v) is 11.7. The Morgan fingerprint density at radius 1 is 1.20 bits per heavy atom. The van der Waals surface area contributed by atoms with Crippen LogP contribution in [0.15, 0.2) is 54.9 Å². The Labute approximate surface area is 208 Å². The molecule has 0 spiro atoms. The maximum atomic E-state index is 13.2. The first-order chi connectivity index (χ1) is 16.9. The summed E-state index contributed by atoms with van der Waals surface area (Å²) in [4.78, 5) is 32.1. The van der Waals surface area contributed by atoms with Crippen molar-refractivity contribution in [1.82, 2.24) is 19.8 Å². The number of benzene rings is 2. The van der Waals surface area contributed by atoms with Crippen molar-refractivity contribution in [2.24, 2.45) is 13.0 Å². The summed E-state index contributed by atoms with van der Waals surface area (Å²) in [6.07, 6.45) is 4.53. The number of ether oxygens (including phenoxy) is 1. The van der Waals surface area contributed by atoms with Crippen LogP contribution in [-0.4, -0.2) is 51.7 Å². The fourth-order valence-electron chi connectivity index (χ4n) is 4.18. The molecule has 0 aliphatic carbocycles. The van der Waals surface area contributed by atoms with E-state index in [2.05, 4.69) is 15.6 Å². The molecule has 9 nitrogen and oxygen atoms in total. The molecule has 1 fully saturated rings. The van der Waals surface area contributed by atoms with Crippen molar-refractivity contribution >= 4 is 29.2 Å². The number of hydrogen-bond donors (Lipinski definition) is 3. The Morgan fingerprint density at radius 3 is 2.66 bits per heavy atom. The quantitative estimate of drug-likeness (QED) is 0.447. The number of phenolic OH excluding ortho intramolecular Hbond substituents is 1. The number of urea groups is 1. The number of halogens is 1. The minimum Gasteiger partial charge on any atom is -0.506 e. The van der Waals surface area contributed by atoms with E-state index >= 15 is 0 Å². The molecule has 2 aromatic carbocycles. The molecule has 1 saturated heterocycles. The van der Waals surface area contributed by atoms with Crippen LogP contribution in [0, 0.1) is 5.92 Å². The second kappa shape index (κ2) is 10.7. The summed E-state index contributed by atoms with van der Waals surface area (Å²) < 4.78 is 7.22. The van der Waals surface area contributed by atoms with Gasteiger partial charge in [-0.1, -0.05) is 23.7 Å². The van der Waals surface area contributed by atoms with Gasteiger partial charge in [0, 0.05) is 43.5 Å². The highest BCUT2D eigenvalue weighted by Gasteiger charge is 2.30. The lowest BCUT2D eigenvalue weighted by Crippen LogP contribution is -2.47. The van der Waals surface area contributed by atoms with Crippen LogP contribution in [-0.2, 0) is 11.8 Å². The number of methoxy groups -OCH3 is 1. The maximum absolute atomic E-state index is 13.2. The SMILES string of the molecule is COc1cccc(C(NC(=O)N2CCC(C(=O)Nc3cc(Cl)ccc3O)CC2)c2nccn2C)c1. The number of carbonyl (C=O) groups is 2. The second-order valence-electron chi connectivity index (χ2n) is 8.47. The summed E-state index contributed by atoms with van der Waals surface area (Å²) in [6.45, 7) is 0.855. The zero-order valence-corrected chi connectivity index (χ0v) is 20.3. The number of piperidine rings is 1. The molecule has 2 heterocycles. The van der Waals surface area contributed by atoms with Crippen molar-refractivity contribution in [1.29, 1.82) is 0 Å². The van der Waals surface area contributed by atoms with Crippen LogP contribution in [0.3, 0.4) is 0 Å². The van der Waals surface area contributed by atoms with E-state index in [0.717, 1.165) is 5.56 Å². The summed E-state index contributed by atoms with van der Waals surface area (Å²) in [5.41, 5.74) is 1.13. The number of rotatable bonds is 6. The molecule has 1 unspecified atom stereocenters. The predicted molar refractivity (Wildman–Crippen MR) is 133 cm³/mol. The number of phenols is 1. The second-order valence-corrected chi connectivity index (χ2v) is 8.90. The Balaban J connectivity index is 1.40. The molecule has 0 saturated carbocycles. The Kier molecular flexibility index (Phi) is 7.45. The van der Waals surface area contributed by atoms with E-state index in [1.807, 2.05) is 42.1 Å². The van der Waals surface area contributed by atoms with Gasteiger partial charge < -0.3 is 29.9 Å². The number of carbonyl (C=O) groups excluding carboxylic acids is 2. The first-order valence-electron chi connectivity index (χ1n) is 11.3. The van der Waals surface area contributed by atoms with E-state index in [1.54, 1.807) is 24.3 Å². The minimum atomic E-state index is -0.468. The summed E-state index contributed by atoms with van der Waals surface area (Å²) >= 11 is 5.96. The number of anilines is 1. The smallest absolute Gasteiger partial charge is 0.318 e. The Morgan fingerprint density at radius 2 is 1.97 bits per heavy atom. The van der Waals surface area contributed by atoms with Crippen molar-refractivity contribution in [3.8, 4) is 11.5 Å². The third-order valence-corrected chi connectivity index (χ3v) is 6.42. The molecule has 35 heavy (non-hydrogen) atoms. The molecule has 3 aromatic rings. The molecular formula is C25H28ClN5O4. The summed E-state index contributed by atoms with van der Waals surface area (Å²) in [5, 5.41) is 16.2. The van der Waals surface area contributed by atoms with Crippen molar-refractivity contribution in [2.45, 2.75) is 18.9 Å². The van der Waals surface area contributed by atoms with Gasteiger partial charge in [0.15, 0.2) is 0 Å². The molecule has 0 bridgehead atoms. The summed E-state index contributed by atoms with van der Waals surface area (Å²) in [5.74, 6) is 0.860. The lowest BCUT2D eigenvalue weighted by Gasteiger charge is -2.32. The third-order valence-electron chi connectivity index (χ3n) is 6.18. The number of nitrogens with one attached hydrogen (secondary N) is 2. The van der Waals surface area contributed by atoms with Gasteiger partial charge in [-0.15, -0.1) is 0 Å². The number of hydrogen-bond acceptors (Lipinski definition) is 5. The summed E-state index contributed by atoms with van der Waals surface area (Å²) in [7, 11) is 3.48. The number of imidazole rings is 1. The molecule has 3 N–H and O–H groups in total. The molecule has 1 atom stereocenters. The topological polar surface area (TPSA) is 109 Å². The van der Waals surface area contributed by atoms with Crippen molar-refractivity contribution in [3.63, 3.8) is 0 Å². The molecule has 1 aliphatic rings. The lowest BCUT2D eigenvalue weighted by molar-refractivity contribution is -0.121. The standard InChI is InChI=1S/C25H28ClN5O4/c1-30-13-10-27-23(30)22(17-4-3-5-19(14-17)35-2)29-25(34)31-11-8-16(9-12-31)24(33)28-20-15-18(26)6-7-21(20)32/h3-7,10,13-16,22,32H,8-9,11-12H2,1-2H3,(H,28,33)(H,29,34). The largest absolute Gasteiger partial charge is 0.506 e. The Bertz CT molecular complexity index is 1210. The average Bonchev–Trinajstić information content (AvgIpc) is 3.30. The van der Waals surface area contributed by atoms with Gasteiger partial charge in [-0.3, -0.25) is 4.79 Å². The van der Waals surface area contributed by atoms with Crippen LogP contribution >= 0.6 is 11.6 Å². The van der Waals surface area contributed by atoms with Crippen molar-refractivity contribution in [3.05, 3.63) is 71.3 Å². The molecule has 1 aliphatic heterocycles. The van der Waals surface area contributed by atoms with Crippen LogP contribution in [0.25, 0.3) is 0 Å². The molecule has 1 aromatic heterocycles. The summed E-state index contributed by atoms with van der Waals surface area (Å²) in [6, 6.07) is 11.3. The predicted octanol–water partition coefficient (Wildman–Crippen LogP) is 3.94. The minimum absolute atomic E-state index is 0.0440. The molecule has 10 heteroatoms. The number of aromatic hydroxyl groups is 1. The van der Waals surface area contributed by atoms with Gasteiger partial charge in [-0.25, -0.2) is 9.78 Å². The first kappa shape index (κ1) is 24.4. The molecule has 184 valence electrons. The van der Waals surface area contributed by atoms with Gasteiger partial charge in [0.05, 0.1) is 12.8 Å². The molecule has 4 rings (SSSR count). The highest BCUT2D eigenvalue weighted by atomic mass is 35.5. The third kappa shape index (κ3) is 5.68. The van der Waals surface area contributed by atoms with Crippen LogP contribution < -0.4 is 15.4 Å². The normalized spacial score (nSPS) is 14.9. The van der Waals surface area contributed by atoms with Gasteiger partial charge in [0.25, 0.3) is 0 Å². The number of aryl methyl sites for hydroxylation is 1. The lowest BCUT2D eigenvalue weighted by atomic mass is 9.96. The van der Waals surface area contributed by atoms with Crippen LogP contribution in [0.4, 0.5) is 10.5 Å². The van der Waals surface area contributed by atoms with Crippen LogP contribution in [0.2, 0.25) is 5.02 Å². The average molecular weight is 498 g/mol. The van der Waals surface area contributed by atoms with E-state index in [0.29, 0.717) is 42.5 Å². The van der Waals surface area contributed by atoms with Crippen molar-refractivity contribution in [2.75, 3.05) is 25.5 Å². The van der Waals surface area contributed by atoms with Gasteiger partial charge in [-0.05, 0) is 48.7 Å². The Hall–Kier alpha value is -3.72. The molecular weight excluding hydrogens is 470 g/mol. The fourth-order valence-corrected chi connectivity index (χ4v) is 4.35. The molecule has 3 amide bonds. The van der Waals surface area contributed by atoms with Gasteiger partial charge in [0.1, 0.15) is 23.4 Å². The van der Waals surface area contributed by atoms with Gasteiger partial charge in [0.2, 0.25) is 5.91 Å². The van der Waals surface area contributed by atoms with Crippen LogP contribution in [0.5, 0.6) is 11.5 Å². The molecule has 0 radical (unpaired) electrons. The van der Waals surface area contributed by atoms with E-state index in [9.17, 15) is 14.7 Å². The maximum Gasteiger partial charge on any atom is 0.318 e. The number of nitrogens with zero attached hydrogens (tertiary/aromatic N) is 3.